The zero-order chi connectivity index (χ0) is 26.5. The van der Waals surface area contributed by atoms with E-state index >= 15 is 0 Å². The van der Waals surface area contributed by atoms with Gasteiger partial charge in [-0.05, 0) is 31.7 Å². The summed E-state index contributed by atoms with van der Waals surface area (Å²) in [5, 5.41) is 26.4. The number of nitrogens with zero attached hydrogens (tertiary/aromatic N) is 4. The number of amides is 2. The van der Waals surface area contributed by atoms with Gasteiger partial charge in [0.25, 0.3) is 11.5 Å². The molecular weight excluding hydrogens is 482 g/mol. The van der Waals surface area contributed by atoms with Crippen LogP contribution in [0.4, 0.5) is 11.4 Å². The van der Waals surface area contributed by atoms with Crippen LogP contribution in [0.15, 0.2) is 29.1 Å². The van der Waals surface area contributed by atoms with Crippen LogP contribution in [0.2, 0.25) is 0 Å². The van der Waals surface area contributed by atoms with Crippen molar-refractivity contribution in [3.63, 3.8) is 0 Å². The number of nitrogens with one attached hydrogen (secondary N) is 3. The largest absolute Gasteiger partial charge is 0.383 e. The molecule has 2 rings (SSSR count). The van der Waals surface area contributed by atoms with E-state index in [0.29, 0.717) is 29.1 Å². The molecule has 0 atom stereocenters. The monoisotopic (exact) mass is 511 g/mol. The molecule has 36 heavy (non-hydrogen) atoms. The predicted octanol–water partition coefficient (Wildman–Crippen LogP) is 0.000660. The molecule has 0 unspecified atom stereocenters. The number of carbonyl (C=O) groups is 2. The number of carbonyl (C=O) groups excluding carboxylic acids is 2. The molecule has 0 bridgehead atoms. The number of thiazole rings is 1. The quantitative estimate of drug-likeness (QED) is 0.337. The maximum Gasteiger partial charge on any atom is 0.270 e. The van der Waals surface area contributed by atoms with E-state index in [9.17, 15) is 19.6 Å². The fourth-order valence-electron chi connectivity index (χ4n) is 3.21. The second-order valence-corrected chi connectivity index (χ2v) is 8.46. The summed E-state index contributed by atoms with van der Waals surface area (Å²) < 4.78 is 6.91. The highest BCUT2D eigenvalue weighted by atomic mass is 32.1. The molecular formula is C24H29N7O4S. The Morgan fingerprint density at radius 3 is 2.64 bits per heavy atom. The van der Waals surface area contributed by atoms with Gasteiger partial charge in [-0.2, -0.15) is 10.5 Å². The van der Waals surface area contributed by atoms with Gasteiger partial charge < -0.3 is 20.7 Å². The number of rotatable bonds is 12. The van der Waals surface area contributed by atoms with Crippen molar-refractivity contribution in [3.05, 3.63) is 43.8 Å². The lowest BCUT2D eigenvalue weighted by molar-refractivity contribution is -0.117. The van der Waals surface area contributed by atoms with Crippen molar-refractivity contribution in [2.24, 2.45) is 0 Å². The molecule has 0 aliphatic carbocycles. The van der Waals surface area contributed by atoms with Gasteiger partial charge in [-0.15, -0.1) is 11.3 Å². The zero-order valence-electron chi connectivity index (χ0n) is 20.5. The van der Waals surface area contributed by atoms with Crippen LogP contribution >= 0.6 is 11.3 Å². The Labute approximate surface area is 212 Å². The van der Waals surface area contributed by atoms with Gasteiger partial charge in [-0.3, -0.25) is 23.9 Å². The fraction of sp³-hybridized carbons (Fsp3) is 0.375. The highest BCUT2D eigenvalue weighted by molar-refractivity contribution is 7.07. The summed E-state index contributed by atoms with van der Waals surface area (Å²) >= 11 is 0.999. The maximum atomic E-state index is 12.8. The number of benzene rings is 1. The Hall–Kier alpha value is -3.97. The molecule has 1 aromatic carbocycles. The van der Waals surface area contributed by atoms with Crippen LogP contribution in [-0.2, 0) is 20.9 Å². The van der Waals surface area contributed by atoms with E-state index in [1.807, 2.05) is 17.9 Å². The van der Waals surface area contributed by atoms with Crippen molar-refractivity contribution >= 4 is 46.3 Å². The van der Waals surface area contributed by atoms with Crippen LogP contribution in [-0.4, -0.2) is 61.2 Å². The lowest BCUT2D eigenvalue weighted by Gasteiger charge is -2.19. The molecule has 0 aliphatic heterocycles. The highest BCUT2D eigenvalue weighted by Crippen LogP contribution is 2.15. The SMILES string of the molecule is CCN(CCOC)CC(=O)Nc1cccc(N/C=c2/s/c(=C(/C#N)C(=O)NCC#N)n(CC)c2=O)c1. The third-order valence-corrected chi connectivity index (χ3v) is 6.18. The topological polar surface area (TPSA) is 152 Å². The normalized spacial score (nSPS) is 12.0. The molecule has 0 saturated carbocycles. The van der Waals surface area contributed by atoms with Gasteiger partial charge in [-0.25, -0.2) is 0 Å². The Balaban J connectivity index is 2.26. The van der Waals surface area contributed by atoms with Crippen LogP contribution in [0.5, 0.6) is 0 Å². The van der Waals surface area contributed by atoms with Crippen LogP contribution in [0.25, 0.3) is 11.8 Å². The number of hydrogen-bond donors (Lipinski definition) is 3. The van der Waals surface area contributed by atoms with Crippen LogP contribution < -0.4 is 30.7 Å². The Bertz CT molecular complexity index is 1330. The Morgan fingerprint density at radius 1 is 1.25 bits per heavy atom. The van der Waals surface area contributed by atoms with Gasteiger partial charge in [0.2, 0.25) is 5.91 Å². The summed E-state index contributed by atoms with van der Waals surface area (Å²) in [7, 11) is 1.62. The molecule has 0 spiro atoms. The number of ether oxygens (including phenoxy) is 1. The number of aromatic nitrogens is 1. The average molecular weight is 512 g/mol. The molecule has 1 heterocycles. The van der Waals surface area contributed by atoms with Crippen molar-refractivity contribution in [3.8, 4) is 12.1 Å². The molecule has 0 aliphatic rings. The summed E-state index contributed by atoms with van der Waals surface area (Å²) in [5.41, 5.74) is 0.637. The van der Waals surface area contributed by atoms with Crippen molar-refractivity contribution in [1.82, 2.24) is 14.8 Å². The summed E-state index contributed by atoms with van der Waals surface area (Å²) in [6.07, 6.45) is 1.50. The molecule has 190 valence electrons. The lowest BCUT2D eigenvalue weighted by Crippen LogP contribution is -2.35. The second kappa shape index (κ2) is 14.4. The molecule has 0 fully saturated rings. The predicted molar refractivity (Wildman–Crippen MR) is 138 cm³/mol. The lowest BCUT2D eigenvalue weighted by atomic mass is 10.2. The van der Waals surface area contributed by atoms with Crippen LogP contribution in [0.3, 0.4) is 0 Å². The molecule has 1 aromatic heterocycles. The van der Waals surface area contributed by atoms with Crippen LogP contribution in [0, 0.1) is 22.7 Å². The molecule has 0 saturated heterocycles. The van der Waals surface area contributed by atoms with Gasteiger partial charge in [-0.1, -0.05) is 13.0 Å². The number of anilines is 2. The Morgan fingerprint density at radius 2 is 2.00 bits per heavy atom. The second-order valence-electron chi connectivity index (χ2n) is 7.43. The minimum atomic E-state index is -0.714. The van der Waals surface area contributed by atoms with Crippen molar-refractivity contribution < 1.29 is 14.3 Å². The van der Waals surface area contributed by atoms with Gasteiger partial charge in [0, 0.05) is 37.8 Å². The molecule has 12 heteroatoms. The minimum absolute atomic E-state index is 0.156. The maximum absolute atomic E-state index is 12.8. The molecule has 0 radical (unpaired) electrons. The van der Waals surface area contributed by atoms with Crippen molar-refractivity contribution in [1.29, 1.82) is 10.5 Å². The first-order chi connectivity index (χ1) is 17.4. The van der Waals surface area contributed by atoms with Gasteiger partial charge in [0.1, 0.15) is 21.8 Å². The summed E-state index contributed by atoms with van der Waals surface area (Å²) in [6, 6.07) is 10.6. The number of likely N-dealkylation sites (N-methyl/N-ethyl adjacent to an activating group) is 1. The van der Waals surface area contributed by atoms with E-state index in [4.69, 9.17) is 10.00 Å². The summed E-state index contributed by atoms with van der Waals surface area (Å²) in [6.45, 7) is 5.87. The molecule has 2 amide bonds. The van der Waals surface area contributed by atoms with Gasteiger partial charge in [0.15, 0.2) is 5.57 Å². The summed E-state index contributed by atoms with van der Waals surface area (Å²) in [5.74, 6) is -0.869. The van der Waals surface area contributed by atoms with Crippen molar-refractivity contribution in [2.45, 2.75) is 20.4 Å². The number of hydrogen-bond acceptors (Lipinski definition) is 9. The molecule has 2 aromatic rings. The minimum Gasteiger partial charge on any atom is -0.383 e. The zero-order valence-corrected chi connectivity index (χ0v) is 21.3. The van der Waals surface area contributed by atoms with E-state index < -0.39 is 5.91 Å². The smallest absolute Gasteiger partial charge is 0.270 e. The summed E-state index contributed by atoms with van der Waals surface area (Å²) in [4.78, 5) is 39.5. The fourth-order valence-corrected chi connectivity index (χ4v) is 4.29. The molecule has 3 N–H and O–H groups in total. The third-order valence-electron chi connectivity index (χ3n) is 5.05. The first kappa shape index (κ1) is 28.3. The van der Waals surface area contributed by atoms with Crippen molar-refractivity contribution in [2.75, 3.05) is 50.5 Å². The van der Waals surface area contributed by atoms with E-state index in [2.05, 4.69) is 16.0 Å². The number of methoxy groups -OCH3 is 1. The van der Waals surface area contributed by atoms with E-state index in [-0.39, 0.29) is 41.3 Å². The number of nitriles is 2. The molecule has 11 nitrogen and oxygen atoms in total. The van der Waals surface area contributed by atoms with Gasteiger partial charge in [0.05, 0.1) is 19.2 Å². The van der Waals surface area contributed by atoms with Gasteiger partial charge >= 0.3 is 0 Å². The van der Waals surface area contributed by atoms with Crippen LogP contribution in [0.1, 0.15) is 13.8 Å². The third kappa shape index (κ3) is 7.78. The van der Waals surface area contributed by atoms with E-state index in [1.54, 1.807) is 44.4 Å². The first-order valence-electron chi connectivity index (χ1n) is 11.3. The average Bonchev–Trinajstić information content (AvgIpc) is 3.19. The van der Waals surface area contributed by atoms with E-state index in [0.717, 1.165) is 17.9 Å². The first-order valence-corrected chi connectivity index (χ1v) is 12.1. The standard InChI is InChI=1S/C24H29N7O4S/c1-4-30(11-12-35-3)16-21(32)29-18-8-6-7-17(13-18)28-15-20-23(34)31(5-2)24(36-20)19(14-26)22(33)27-10-9-25/h6-8,13,15,28H,4-5,10-12,16H2,1-3H3,(H,27,33)(H,29,32)/b20-15+,24-19-. The highest BCUT2D eigenvalue weighted by Gasteiger charge is 2.15. The Kier molecular flexibility index (Phi) is 11.3. The van der Waals surface area contributed by atoms with E-state index in [1.165, 1.54) is 10.8 Å².